The maximum absolute atomic E-state index is 6.31. The molecule has 1 unspecified atom stereocenters. The van der Waals surface area contributed by atoms with E-state index in [0.717, 1.165) is 29.5 Å². The van der Waals surface area contributed by atoms with E-state index in [2.05, 4.69) is 9.80 Å². The molecule has 2 fully saturated rings. The molecule has 0 amide bonds. The van der Waals surface area contributed by atoms with Crippen LogP contribution in [-0.4, -0.2) is 37.1 Å². The molecule has 2 aliphatic rings. The highest BCUT2D eigenvalue weighted by Crippen LogP contribution is 2.35. The SMILES string of the molecule is Nc1cccc(Cl)c1N1CCC(N2CCCCC2)C1. The molecule has 19 heavy (non-hydrogen) atoms. The Morgan fingerprint density at radius 3 is 2.63 bits per heavy atom. The molecule has 0 aliphatic carbocycles. The Kier molecular flexibility index (Phi) is 3.85. The van der Waals surface area contributed by atoms with E-state index in [0.29, 0.717) is 6.04 Å². The Hall–Kier alpha value is -0.930. The Bertz CT molecular complexity index is 423. The molecule has 2 aliphatic heterocycles. The second-order valence-corrected chi connectivity index (χ2v) is 6.07. The normalized spacial score (nSPS) is 24.9. The number of hydrogen-bond donors (Lipinski definition) is 1. The quantitative estimate of drug-likeness (QED) is 0.845. The average molecular weight is 280 g/mol. The Labute approximate surface area is 120 Å². The van der Waals surface area contributed by atoms with Crippen LogP contribution in [0.15, 0.2) is 18.2 Å². The van der Waals surface area contributed by atoms with Gasteiger partial charge in [0.25, 0.3) is 0 Å². The maximum Gasteiger partial charge on any atom is 0.0789 e. The summed E-state index contributed by atoms with van der Waals surface area (Å²) in [4.78, 5) is 5.01. The number of likely N-dealkylation sites (tertiary alicyclic amines) is 1. The number of rotatable bonds is 2. The molecule has 1 aromatic rings. The number of nitrogen functional groups attached to an aromatic ring is 1. The van der Waals surface area contributed by atoms with Crippen molar-refractivity contribution >= 4 is 23.0 Å². The van der Waals surface area contributed by atoms with Crippen LogP contribution < -0.4 is 10.6 Å². The van der Waals surface area contributed by atoms with Crippen molar-refractivity contribution in [2.24, 2.45) is 0 Å². The fourth-order valence-corrected chi connectivity index (χ4v) is 3.69. The minimum Gasteiger partial charge on any atom is -0.397 e. The van der Waals surface area contributed by atoms with Crippen LogP contribution in [-0.2, 0) is 0 Å². The van der Waals surface area contributed by atoms with E-state index in [1.807, 2.05) is 18.2 Å². The minimum atomic E-state index is 0.677. The molecule has 4 heteroatoms. The highest BCUT2D eigenvalue weighted by Gasteiger charge is 2.30. The van der Waals surface area contributed by atoms with Gasteiger partial charge < -0.3 is 10.6 Å². The first-order valence-electron chi connectivity index (χ1n) is 7.28. The Morgan fingerprint density at radius 1 is 1.11 bits per heavy atom. The van der Waals surface area contributed by atoms with Crippen LogP contribution in [0.4, 0.5) is 11.4 Å². The van der Waals surface area contributed by atoms with Crippen LogP contribution >= 0.6 is 11.6 Å². The van der Waals surface area contributed by atoms with Crippen molar-refractivity contribution in [2.75, 3.05) is 36.8 Å². The standard InChI is InChI=1S/C15H22ClN3/c16-13-5-4-6-14(17)15(13)19-10-7-12(11-19)18-8-2-1-3-9-18/h4-6,12H,1-3,7-11,17H2. The van der Waals surface area contributed by atoms with Gasteiger partial charge in [0, 0.05) is 19.1 Å². The molecule has 3 rings (SSSR count). The lowest BCUT2D eigenvalue weighted by molar-refractivity contribution is 0.175. The van der Waals surface area contributed by atoms with Crippen molar-refractivity contribution in [3.8, 4) is 0 Å². The molecular formula is C15H22ClN3. The van der Waals surface area contributed by atoms with Gasteiger partial charge >= 0.3 is 0 Å². The molecule has 2 N–H and O–H groups in total. The average Bonchev–Trinajstić information content (AvgIpc) is 2.89. The lowest BCUT2D eigenvalue weighted by Crippen LogP contribution is -2.40. The summed E-state index contributed by atoms with van der Waals surface area (Å²) in [7, 11) is 0. The summed E-state index contributed by atoms with van der Waals surface area (Å²) in [5.41, 5.74) is 7.91. The molecule has 1 atom stereocenters. The van der Waals surface area contributed by atoms with E-state index in [1.54, 1.807) is 0 Å². The Balaban J connectivity index is 1.71. The van der Waals surface area contributed by atoms with Crippen LogP contribution in [0.3, 0.4) is 0 Å². The molecule has 0 aromatic heterocycles. The third-order valence-electron chi connectivity index (χ3n) is 4.40. The zero-order chi connectivity index (χ0) is 13.2. The number of nitrogens with zero attached hydrogens (tertiary/aromatic N) is 2. The maximum atomic E-state index is 6.31. The fraction of sp³-hybridized carbons (Fsp3) is 0.600. The molecule has 0 radical (unpaired) electrons. The molecule has 2 heterocycles. The predicted molar refractivity (Wildman–Crippen MR) is 81.9 cm³/mol. The first-order valence-corrected chi connectivity index (χ1v) is 7.66. The van der Waals surface area contributed by atoms with Crippen LogP contribution in [0.2, 0.25) is 5.02 Å². The molecule has 0 spiro atoms. The van der Waals surface area contributed by atoms with Gasteiger partial charge in [0.2, 0.25) is 0 Å². The van der Waals surface area contributed by atoms with Gasteiger partial charge in [-0.15, -0.1) is 0 Å². The van der Waals surface area contributed by atoms with E-state index in [1.165, 1.54) is 38.8 Å². The van der Waals surface area contributed by atoms with E-state index in [-0.39, 0.29) is 0 Å². The number of benzene rings is 1. The van der Waals surface area contributed by atoms with Gasteiger partial charge in [0.05, 0.1) is 16.4 Å². The number of para-hydroxylation sites is 1. The lowest BCUT2D eigenvalue weighted by Gasteiger charge is -2.32. The largest absolute Gasteiger partial charge is 0.397 e. The predicted octanol–water partition coefficient (Wildman–Crippen LogP) is 2.99. The van der Waals surface area contributed by atoms with Gasteiger partial charge in [-0.05, 0) is 44.5 Å². The molecule has 1 aromatic carbocycles. The van der Waals surface area contributed by atoms with E-state index < -0.39 is 0 Å². The second kappa shape index (κ2) is 5.59. The van der Waals surface area contributed by atoms with Crippen LogP contribution in [0.5, 0.6) is 0 Å². The minimum absolute atomic E-state index is 0.677. The molecule has 3 nitrogen and oxygen atoms in total. The lowest BCUT2D eigenvalue weighted by atomic mass is 10.1. The van der Waals surface area contributed by atoms with Crippen molar-refractivity contribution in [3.63, 3.8) is 0 Å². The van der Waals surface area contributed by atoms with Crippen LogP contribution in [0.25, 0.3) is 0 Å². The molecule has 0 saturated carbocycles. The van der Waals surface area contributed by atoms with Crippen molar-refractivity contribution < 1.29 is 0 Å². The summed E-state index contributed by atoms with van der Waals surface area (Å²) in [6.07, 6.45) is 5.32. The van der Waals surface area contributed by atoms with E-state index >= 15 is 0 Å². The van der Waals surface area contributed by atoms with Gasteiger partial charge in [-0.1, -0.05) is 24.1 Å². The monoisotopic (exact) mass is 279 g/mol. The zero-order valence-electron chi connectivity index (χ0n) is 11.3. The first-order chi connectivity index (χ1) is 9.25. The summed E-state index contributed by atoms with van der Waals surface area (Å²) in [5.74, 6) is 0. The summed E-state index contributed by atoms with van der Waals surface area (Å²) >= 11 is 6.31. The Morgan fingerprint density at radius 2 is 1.89 bits per heavy atom. The number of hydrogen-bond acceptors (Lipinski definition) is 3. The molecular weight excluding hydrogens is 258 g/mol. The van der Waals surface area contributed by atoms with Crippen LogP contribution in [0, 0.1) is 0 Å². The van der Waals surface area contributed by atoms with E-state index in [4.69, 9.17) is 17.3 Å². The second-order valence-electron chi connectivity index (χ2n) is 5.66. The van der Waals surface area contributed by atoms with Crippen molar-refractivity contribution in [1.82, 2.24) is 4.90 Å². The number of piperidine rings is 1. The summed E-state index contributed by atoms with van der Waals surface area (Å²) in [5, 5.41) is 0.777. The zero-order valence-corrected chi connectivity index (χ0v) is 12.1. The number of nitrogens with two attached hydrogens (primary N) is 1. The van der Waals surface area contributed by atoms with Gasteiger partial charge in [0.15, 0.2) is 0 Å². The van der Waals surface area contributed by atoms with Crippen LogP contribution in [0.1, 0.15) is 25.7 Å². The van der Waals surface area contributed by atoms with Gasteiger partial charge in [-0.2, -0.15) is 0 Å². The van der Waals surface area contributed by atoms with Gasteiger partial charge in [0.1, 0.15) is 0 Å². The fourth-order valence-electron chi connectivity index (χ4n) is 3.39. The van der Waals surface area contributed by atoms with Gasteiger partial charge in [-0.3, -0.25) is 4.90 Å². The third kappa shape index (κ3) is 2.67. The number of halogens is 1. The topological polar surface area (TPSA) is 32.5 Å². The molecule has 2 saturated heterocycles. The van der Waals surface area contributed by atoms with Gasteiger partial charge in [-0.25, -0.2) is 0 Å². The molecule has 0 bridgehead atoms. The smallest absolute Gasteiger partial charge is 0.0789 e. The summed E-state index contributed by atoms with van der Waals surface area (Å²) in [6.45, 7) is 4.65. The van der Waals surface area contributed by atoms with Crippen molar-refractivity contribution in [1.29, 1.82) is 0 Å². The van der Waals surface area contributed by atoms with Crippen molar-refractivity contribution in [3.05, 3.63) is 23.2 Å². The van der Waals surface area contributed by atoms with E-state index in [9.17, 15) is 0 Å². The highest BCUT2D eigenvalue weighted by molar-refractivity contribution is 6.34. The first kappa shape index (κ1) is 13.1. The summed E-state index contributed by atoms with van der Waals surface area (Å²) in [6, 6.07) is 6.46. The third-order valence-corrected chi connectivity index (χ3v) is 4.71. The summed E-state index contributed by atoms with van der Waals surface area (Å²) < 4.78 is 0. The number of anilines is 2. The molecule has 104 valence electrons. The van der Waals surface area contributed by atoms with Crippen molar-refractivity contribution in [2.45, 2.75) is 31.7 Å². The highest BCUT2D eigenvalue weighted by atomic mass is 35.5.